The van der Waals surface area contributed by atoms with Crippen molar-refractivity contribution in [3.63, 3.8) is 0 Å². The van der Waals surface area contributed by atoms with Gasteiger partial charge in [-0.3, -0.25) is 4.31 Å². The average Bonchev–Trinajstić information content (AvgIpc) is 3.07. The Morgan fingerprint density at radius 1 is 1.15 bits per heavy atom. The molecule has 0 fully saturated rings. The smallest absolute Gasteiger partial charge is 0.344 e. The van der Waals surface area contributed by atoms with Crippen LogP contribution in [-0.2, 0) is 26.0 Å². The van der Waals surface area contributed by atoms with E-state index in [1.54, 1.807) is 25.1 Å². The quantitative estimate of drug-likeness (QED) is 0.710. The molecule has 1 heterocycles. The summed E-state index contributed by atoms with van der Waals surface area (Å²) in [7, 11) is -3.83. The standard InChI is InChI=1S/C20H23NO5S/c1-4-25-20(22)13-26-18-11-14(2)15(3)12-19(18)27(23,24)21-10-9-16-7-5-6-8-17(16)21/h5-8,11-12H,4,9-10,13H2,1-3H3. The Hall–Kier alpha value is -2.54. The molecule has 0 N–H and O–H groups in total. The van der Waals surface area contributed by atoms with E-state index < -0.39 is 16.0 Å². The lowest BCUT2D eigenvalue weighted by Crippen LogP contribution is -2.30. The second kappa shape index (κ2) is 7.60. The highest BCUT2D eigenvalue weighted by molar-refractivity contribution is 7.93. The second-order valence-electron chi connectivity index (χ2n) is 6.43. The lowest BCUT2D eigenvalue weighted by atomic mass is 10.1. The Labute approximate surface area is 159 Å². The van der Waals surface area contributed by atoms with E-state index in [9.17, 15) is 13.2 Å². The Morgan fingerprint density at radius 3 is 2.59 bits per heavy atom. The summed E-state index contributed by atoms with van der Waals surface area (Å²) in [5.41, 5.74) is 3.41. The largest absolute Gasteiger partial charge is 0.480 e. The fourth-order valence-corrected chi connectivity index (χ4v) is 4.80. The van der Waals surface area contributed by atoms with Gasteiger partial charge >= 0.3 is 5.97 Å². The van der Waals surface area contributed by atoms with Crippen LogP contribution in [0, 0.1) is 13.8 Å². The van der Waals surface area contributed by atoms with Gasteiger partial charge < -0.3 is 9.47 Å². The molecule has 0 aromatic heterocycles. The minimum Gasteiger partial charge on any atom is -0.480 e. The summed E-state index contributed by atoms with van der Waals surface area (Å²) in [6.07, 6.45) is 0.666. The van der Waals surface area contributed by atoms with Gasteiger partial charge in [0, 0.05) is 6.54 Å². The third kappa shape index (κ3) is 3.78. The minimum absolute atomic E-state index is 0.0617. The third-order valence-electron chi connectivity index (χ3n) is 4.62. The molecule has 0 amide bonds. The number of aryl methyl sites for hydroxylation is 2. The number of rotatable bonds is 6. The molecule has 1 aliphatic rings. The van der Waals surface area contributed by atoms with E-state index in [0.29, 0.717) is 18.7 Å². The maximum Gasteiger partial charge on any atom is 0.344 e. The number of esters is 1. The Balaban J connectivity index is 2.00. The van der Waals surface area contributed by atoms with Gasteiger partial charge in [-0.15, -0.1) is 0 Å². The molecule has 144 valence electrons. The van der Waals surface area contributed by atoms with Gasteiger partial charge in [-0.2, -0.15) is 0 Å². The first-order valence-corrected chi connectivity index (χ1v) is 10.3. The molecular formula is C20H23NO5S. The SMILES string of the molecule is CCOC(=O)COc1cc(C)c(C)cc1S(=O)(=O)N1CCc2ccccc21. The van der Waals surface area contributed by atoms with E-state index in [4.69, 9.17) is 9.47 Å². The summed E-state index contributed by atoms with van der Waals surface area (Å²) >= 11 is 0. The molecular weight excluding hydrogens is 366 g/mol. The van der Waals surface area contributed by atoms with Crippen LogP contribution in [0.15, 0.2) is 41.3 Å². The number of carbonyl (C=O) groups is 1. The van der Waals surface area contributed by atoms with Crippen LogP contribution < -0.4 is 9.04 Å². The zero-order valence-electron chi connectivity index (χ0n) is 15.7. The summed E-state index contributed by atoms with van der Waals surface area (Å²) < 4.78 is 38.6. The zero-order chi connectivity index (χ0) is 19.6. The normalized spacial score (nSPS) is 13.4. The van der Waals surface area contributed by atoms with E-state index in [2.05, 4.69) is 0 Å². The number of ether oxygens (including phenoxy) is 2. The van der Waals surface area contributed by atoms with Gasteiger partial charge in [-0.25, -0.2) is 13.2 Å². The number of carbonyl (C=O) groups excluding carboxylic acids is 1. The fraction of sp³-hybridized carbons (Fsp3) is 0.350. The maximum atomic E-state index is 13.4. The van der Waals surface area contributed by atoms with Crippen molar-refractivity contribution in [1.82, 2.24) is 0 Å². The molecule has 0 bridgehead atoms. The number of fused-ring (bicyclic) bond motifs is 1. The number of benzene rings is 2. The number of para-hydroxylation sites is 1. The van der Waals surface area contributed by atoms with Crippen molar-refractivity contribution in [3.8, 4) is 5.75 Å². The number of nitrogens with zero attached hydrogens (tertiary/aromatic N) is 1. The van der Waals surface area contributed by atoms with Crippen LogP contribution in [-0.4, -0.2) is 34.1 Å². The van der Waals surface area contributed by atoms with Crippen LogP contribution >= 0.6 is 0 Å². The first-order valence-electron chi connectivity index (χ1n) is 8.85. The van der Waals surface area contributed by atoms with Crippen LogP contribution in [0.25, 0.3) is 0 Å². The number of sulfonamides is 1. The summed E-state index contributed by atoms with van der Waals surface area (Å²) in [5.74, 6) is -0.374. The predicted octanol–water partition coefficient (Wildman–Crippen LogP) is 3.00. The summed E-state index contributed by atoms with van der Waals surface area (Å²) in [6.45, 7) is 5.70. The minimum atomic E-state index is -3.83. The Kier molecular flexibility index (Phi) is 5.41. The average molecular weight is 389 g/mol. The Morgan fingerprint density at radius 2 is 1.85 bits per heavy atom. The summed E-state index contributed by atoms with van der Waals surface area (Å²) in [4.78, 5) is 11.7. The van der Waals surface area contributed by atoms with Crippen molar-refractivity contribution in [2.75, 3.05) is 24.1 Å². The molecule has 0 saturated heterocycles. The maximum absolute atomic E-state index is 13.4. The van der Waals surface area contributed by atoms with Crippen molar-refractivity contribution < 1.29 is 22.7 Å². The highest BCUT2D eigenvalue weighted by Gasteiger charge is 2.33. The van der Waals surface area contributed by atoms with Crippen molar-refractivity contribution in [2.45, 2.75) is 32.1 Å². The molecule has 0 saturated carbocycles. The molecule has 2 aromatic rings. The topological polar surface area (TPSA) is 72.9 Å². The summed E-state index contributed by atoms with van der Waals surface area (Å²) in [5, 5.41) is 0. The molecule has 2 aromatic carbocycles. The lowest BCUT2D eigenvalue weighted by Gasteiger charge is -2.22. The van der Waals surface area contributed by atoms with Gasteiger partial charge in [0.15, 0.2) is 6.61 Å². The van der Waals surface area contributed by atoms with Crippen molar-refractivity contribution in [1.29, 1.82) is 0 Å². The Bertz CT molecular complexity index is 968. The molecule has 0 unspecified atom stereocenters. The highest BCUT2D eigenvalue weighted by atomic mass is 32.2. The second-order valence-corrected chi connectivity index (χ2v) is 8.26. The number of hydrogen-bond donors (Lipinski definition) is 0. The van der Waals surface area contributed by atoms with Crippen LogP contribution in [0.3, 0.4) is 0 Å². The monoisotopic (exact) mass is 389 g/mol. The fourth-order valence-electron chi connectivity index (χ4n) is 3.09. The van der Waals surface area contributed by atoms with E-state index in [1.807, 2.05) is 32.0 Å². The van der Waals surface area contributed by atoms with Crippen molar-refractivity contribution in [3.05, 3.63) is 53.1 Å². The molecule has 0 radical (unpaired) electrons. The molecule has 0 spiro atoms. The van der Waals surface area contributed by atoms with E-state index in [0.717, 1.165) is 16.7 Å². The van der Waals surface area contributed by atoms with Gasteiger partial charge in [0.25, 0.3) is 10.0 Å². The first kappa shape index (κ1) is 19.2. The van der Waals surface area contributed by atoms with Gasteiger partial charge in [0.05, 0.1) is 12.3 Å². The molecule has 27 heavy (non-hydrogen) atoms. The van der Waals surface area contributed by atoms with Crippen LogP contribution in [0.4, 0.5) is 5.69 Å². The lowest BCUT2D eigenvalue weighted by molar-refractivity contribution is -0.145. The van der Waals surface area contributed by atoms with Crippen LogP contribution in [0.2, 0.25) is 0 Å². The molecule has 1 aliphatic heterocycles. The molecule has 3 rings (SSSR count). The van der Waals surface area contributed by atoms with Gasteiger partial charge in [0.1, 0.15) is 10.6 Å². The van der Waals surface area contributed by atoms with Gasteiger partial charge in [0.2, 0.25) is 0 Å². The molecule has 0 aliphatic carbocycles. The first-order chi connectivity index (χ1) is 12.8. The number of hydrogen-bond acceptors (Lipinski definition) is 5. The van der Waals surface area contributed by atoms with Crippen molar-refractivity contribution >= 4 is 21.7 Å². The van der Waals surface area contributed by atoms with E-state index >= 15 is 0 Å². The van der Waals surface area contributed by atoms with Crippen LogP contribution in [0.1, 0.15) is 23.6 Å². The molecule has 0 atom stereocenters. The zero-order valence-corrected chi connectivity index (χ0v) is 16.5. The van der Waals surface area contributed by atoms with Crippen LogP contribution in [0.5, 0.6) is 5.75 Å². The summed E-state index contributed by atoms with van der Waals surface area (Å²) in [6, 6.07) is 10.7. The molecule has 6 nitrogen and oxygen atoms in total. The predicted molar refractivity (Wildman–Crippen MR) is 103 cm³/mol. The number of anilines is 1. The third-order valence-corrected chi connectivity index (χ3v) is 6.46. The van der Waals surface area contributed by atoms with E-state index in [1.165, 1.54) is 4.31 Å². The van der Waals surface area contributed by atoms with Crippen molar-refractivity contribution in [2.24, 2.45) is 0 Å². The van der Waals surface area contributed by atoms with Gasteiger partial charge in [-0.1, -0.05) is 18.2 Å². The van der Waals surface area contributed by atoms with E-state index in [-0.39, 0.29) is 23.9 Å². The highest BCUT2D eigenvalue weighted by Crippen LogP contribution is 2.36. The molecule has 7 heteroatoms. The van der Waals surface area contributed by atoms with Gasteiger partial charge in [-0.05, 0) is 62.1 Å².